The molecule has 0 aromatic carbocycles. The van der Waals surface area contributed by atoms with Crippen molar-refractivity contribution in [1.29, 1.82) is 0 Å². The molecule has 0 fully saturated rings. The van der Waals surface area contributed by atoms with Crippen molar-refractivity contribution in [2.45, 2.75) is 27.7 Å². The van der Waals surface area contributed by atoms with Crippen molar-refractivity contribution in [3.8, 4) is 0 Å². The minimum Gasteiger partial charge on any atom is -0.478 e. The molecule has 84 valence electrons. The maximum atomic E-state index is 9.25. The average molecular weight is 202 g/mol. The van der Waals surface area contributed by atoms with Crippen LogP contribution in [-0.2, 0) is 9.53 Å². The van der Waals surface area contributed by atoms with Crippen molar-refractivity contribution in [1.82, 2.24) is 0 Å². The van der Waals surface area contributed by atoms with Crippen LogP contribution in [0.4, 0.5) is 0 Å². The summed E-state index contributed by atoms with van der Waals surface area (Å²) in [6, 6.07) is 0. The Morgan fingerprint density at radius 3 is 1.71 bits per heavy atom. The summed E-state index contributed by atoms with van der Waals surface area (Å²) in [7, 11) is 0. The molecule has 0 aromatic rings. The van der Waals surface area contributed by atoms with Crippen molar-refractivity contribution < 1.29 is 14.6 Å². The fraction of sp³-hybridized carbons (Fsp3) is 0.727. The molecule has 14 heavy (non-hydrogen) atoms. The second-order valence-corrected chi connectivity index (χ2v) is 3.87. The van der Waals surface area contributed by atoms with Gasteiger partial charge in [-0.25, -0.2) is 4.79 Å². The van der Waals surface area contributed by atoms with Crippen LogP contribution in [0, 0.1) is 11.8 Å². The van der Waals surface area contributed by atoms with Crippen molar-refractivity contribution in [3.63, 3.8) is 0 Å². The molecule has 0 aliphatic heterocycles. The predicted octanol–water partition coefficient (Wildman–Crippen LogP) is 2.57. The van der Waals surface area contributed by atoms with E-state index in [1.807, 2.05) is 0 Å². The first-order valence-corrected chi connectivity index (χ1v) is 4.83. The van der Waals surface area contributed by atoms with Crippen LogP contribution in [0.1, 0.15) is 27.7 Å². The summed E-state index contributed by atoms with van der Waals surface area (Å²) in [5.41, 5.74) is 0. The van der Waals surface area contributed by atoms with E-state index in [1.54, 1.807) is 0 Å². The highest BCUT2D eigenvalue weighted by Crippen LogP contribution is 1.96. The molecule has 0 saturated carbocycles. The monoisotopic (exact) mass is 202 g/mol. The van der Waals surface area contributed by atoms with Gasteiger partial charge in [0.2, 0.25) is 0 Å². The summed E-state index contributed by atoms with van der Waals surface area (Å²) in [4.78, 5) is 9.25. The van der Waals surface area contributed by atoms with Gasteiger partial charge in [-0.15, -0.1) is 0 Å². The zero-order valence-corrected chi connectivity index (χ0v) is 9.62. The van der Waals surface area contributed by atoms with Gasteiger partial charge >= 0.3 is 5.97 Å². The Hall–Kier alpha value is -0.830. The molecule has 0 amide bonds. The van der Waals surface area contributed by atoms with E-state index in [0.29, 0.717) is 11.8 Å². The molecule has 1 N–H and O–H groups in total. The lowest BCUT2D eigenvalue weighted by atomic mass is 10.2. The number of ether oxygens (including phenoxy) is 1. The van der Waals surface area contributed by atoms with Gasteiger partial charge in [-0.05, 0) is 11.8 Å². The highest BCUT2D eigenvalue weighted by Gasteiger charge is 1.95. The summed E-state index contributed by atoms with van der Waals surface area (Å²) in [6.45, 7) is 13.4. The van der Waals surface area contributed by atoms with Crippen molar-refractivity contribution in [3.05, 3.63) is 12.7 Å². The van der Waals surface area contributed by atoms with Gasteiger partial charge in [-0.3, -0.25) is 0 Å². The Balaban J connectivity index is 0. The third-order valence-electron chi connectivity index (χ3n) is 1.08. The molecule has 0 saturated heterocycles. The highest BCUT2D eigenvalue weighted by molar-refractivity contribution is 5.78. The molecule has 0 unspecified atom stereocenters. The molecule has 0 aromatic heterocycles. The lowest BCUT2D eigenvalue weighted by Crippen LogP contribution is -2.06. The average Bonchev–Trinajstić information content (AvgIpc) is 2.04. The Bertz CT molecular complexity index is 143. The van der Waals surface area contributed by atoms with Crippen LogP contribution < -0.4 is 0 Å². The summed E-state index contributed by atoms with van der Waals surface area (Å²) in [5.74, 6) is 0.359. The van der Waals surface area contributed by atoms with E-state index < -0.39 is 5.97 Å². The third-order valence-corrected chi connectivity index (χ3v) is 1.08. The number of carbonyl (C=O) groups is 1. The maximum absolute atomic E-state index is 9.25. The minimum atomic E-state index is -0.981. The first kappa shape index (κ1) is 15.6. The van der Waals surface area contributed by atoms with E-state index in [4.69, 9.17) is 9.84 Å². The van der Waals surface area contributed by atoms with E-state index in [9.17, 15) is 4.79 Å². The number of aliphatic carboxylic acids is 1. The third kappa shape index (κ3) is 22.5. The molecule has 0 spiro atoms. The molecule has 3 nitrogen and oxygen atoms in total. The van der Waals surface area contributed by atoms with Gasteiger partial charge in [-0.2, -0.15) is 0 Å². The lowest BCUT2D eigenvalue weighted by Gasteiger charge is -2.07. The first-order chi connectivity index (χ1) is 6.40. The zero-order chi connectivity index (χ0) is 11.6. The maximum Gasteiger partial charge on any atom is 0.327 e. The van der Waals surface area contributed by atoms with Crippen LogP contribution in [0.2, 0.25) is 0 Å². The predicted molar refractivity (Wildman–Crippen MR) is 58.3 cm³/mol. The molecule has 0 bridgehead atoms. The van der Waals surface area contributed by atoms with Crippen LogP contribution >= 0.6 is 0 Å². The Labute approximate surface area is 86.8 Å². The Kier molecular flexibility index (Phi) is 11.4. The van der Waals surface area contributed by atoms with Gasteiger partial charge in [0, 0.05) is 19.3 Å². The molecule has 0 aliphatic rings. The molecule has 0 rings (SSSR count). The molecule has 0 aliphatic carbocycles. The van der Waals surface area contributed by atoms with Crippen LogP contribution in [-0.4, -0.2) is 24.3 Å². The molecular weight excluding hydrogens is 180 g/mol. The first-order valence-electron chi connectivity index (χ1n) is 4.83. The van der Waals surface area contributed by atoms with Gasteiger partial charge in [0.25, 0.3) is 0 Å². The smallest absolute Gasteiger partial charge is 0.327 e. The van der Waals surface area contributed by atoms with Gasteiger partial charge in [0.1, 0.15) is 0 Å². The second-order valence-electron chi connectivity index (χ2n) is 3.87. The van der Waals surface area contributed by atoms with E-state index >= 15 is 0 Å². The van der Waals surface area contributed by atoms with E-state index in [0.717, 1.165) is 19.3 Å². The standard InChI is InChI=1S/C8H18O.C3H4O2/c1-7(2)5-9-6-8(3)4;1-2-3(4)5/h7-8H,5-6H2,1-4H3;2H,1H2,(H,4,5). The van der Waals surface area contributed by atoms with Crippen LogP contribution in [0.3, 0.4) is 0 Å². The number of carboxylic acids is 1. The van der Waals surface area contributed by atoms with E-state index in [-0.39, 0.29) is 0 Å². The summed E-state index contributed by atoms with van der Waals surface area (Å²) < 4.78 is 5.36. The molecular formula is C11H22O3. The summed E-state index contributed by atoms with van der Waals surface area (Å²) in [5, 5.41) is 7.60. The van der Waals surface area contributed by atoms with Crippen LogP contribution in [0.15, 0.2) is 12.7 Å². The lowest BCUT2D eigenvalue weighted by molar-refractivity contribution is -0.131. The number of hydrogen-bond donors (Lipinski definition) is 1. The largest absolute Gasteiger partial charge is 0.478 e. The normalized spacial score (nSPS) is 9.57. The van der Waals surface area contributed by atoms with Gasteiger partial charge in [-0.1, -0.05) is 34.3 Å². The zero-order valence-electron chi connectivity index (χ0n) is 9.62. The number of hydrogen-bond acceptors (Lipinski definition) is 2. The molecule has 3 heteroatoms. The summed E-state index contributed by atoms with van der Waals surface area (Å²) >= 11 is 0. The quantitative estimate of drug-likeness (QED) is 0.697. The second kappa shape index (κ2) is 10.3. The van der Waals surface area contributed by atoms with Gasteiger partial charge in [0.15, 0.2) is 0 Å². The molecule has 0 heterocycles. The fourth-order valence-corrected chi connectivity index (χ4v) is 0.539. The summed E-state index contributed by atoms with van der Waals surface area (Å²) in [6.07, 6.45) is 0.833. The van der Waals surface area contributed by atoms with Crippen molar-refractivity contribution in [2.24, 2.45) is 11.8 Å². The fourth-order valence-electron chi connectivity index (χ4n) is 0.539. The minimum absolute atomic E-state index is 0.670. The van der Waals surface area contributed by atoms with Crippen LogP contribution in [0.25, 0.3) is 0 Å². The van der Waals surface area contributed by atoms with Crippen molar-refractivity contribution >= 4 is 5.97 Å². The van der Waals surface area contributed by atoms with E-state index in [2.05, 4.69) is 34.3 Å². The number of rotatable bonds is 5. The SMILES string of the molecule is C=CC(=O)O.CC(C)COCC(C)C. The van der Waals surface area contributed by atoms with Crippen molar-refractivity contribution in [2.75, 3.05) is 13.2 Å². The number of carboxylic acid groups (broad SMARTS) is 1. The topological polar surface area (TPSA) is 46.5 Å². The Morgan fingerprint density at radius 2 is 1.57 bits per heavy atom. The van der Waals surface area contributed by atoms with Crippen LogP contribution in [0.5, 0.6) is 0 Å². The van der Waals surface area contributed by atoms with E-state index in [1.165, 1.54) is 0 Å². The molecule has 0 atom stereocenters. The highest BCUT2D eigenvalue weighted by atomic mass is 16.5. The van der Waals surface area contributed by atoms with Gasteiger partial charge in [0.05, 0.1) is 0 Å². The molecule has 0 radical (unpaired) electrons. The Morgan fingerprint density at radius 1 is 1.29 bits per heavy atom. The van der Waals surface area contributed by atoms with Gasteiger partial charge < -0.3 is 9.84 Å².